The summed E-state index contributed by atoms with van der Waals surface area (Å²) in [6.07, 6.45) is 1.46. The minimum atomic E-state index is -0.796. The third-order valence-corrected chi connectivity index (χ3v) is 5.34. The van der Waals surface area contributed by atoms with Gasteiger partial charge < -0.3 is 4.74 Å². The van der Waals surface area contributed by atoms with E-state index < -0.39 is 11.7 Å². The van der Waals surface area contributed by atoms with Crippen molar-refractivity contribution in [3.8, 4) is 11.8 Å². The first-order valence-corrected chi connectivity index (χ1v) is 10.4. The van der Waals surface area contributed by atoms with Crippen molar-refractivity contribution in [2.75, 3.05) is 0 Å². The molecule has 4 rings (SSSR count). The van der Waals surface area contributed by atoms with Gasteiger partial charge in [0, 0.05) is 16.1 Å². The molecule has 33 heavy (non-hydrogen) atoms. The van der Waals surface area contributed by atoms with Crippen molar-refractivity contribution < 1.29 is 13.9 Å². The van der Waals surface area contributed by atoms with E-state index in [1.807, 2.05) is 60.7 Å². The molecule has 7 heteroatoms. The number of halogens is 2. The molecule has 162 valence electrons. The number of hydrogen-bond acceptors (Lipinski definition) is 4. The highest BCUT2D eigenvalue weighted by atomic mass is 35.5. The first kappa shape index (κ1) is 22.0. The first-order valence-electron chi connectivity index (χ1n) is 9.98. The van der Waals surface area contributed by atoms with E-state index in [1.165, 1.54) is 18.3 Å². The maximum atomic E-state index is 14.1. The van der Waals surface area contributed by atoms with Gasteiger partial charge in [0.15, 0.2) is 0 Å². The molecule has 1 N–H and O–H groups in total. The van der Waals surface area contributed by atoms with Gasteiger partial charge in [0.05, 0.1) is 23.4 Å². The van der Waals surface area contributed by atoms with Gasteiger partial charge in [-0.3, -0.25) is 4.79 Å². The molecule has 0 atom stereocenters. The van der Waals surface area contributed by atoms with Crippen molar-refractivity contribution in [1.29, 1.82) is 5.26 Å². The molecule has 0 fully saturated rings. The summed E-state index contributed by atoms with van der Waals surface area (Å²) in [5.74, 6) is -0.973. The van der Waals surface area contributed by atoms with Crippen LogP contribution in [0.3, 0.4) is 0 Å². The fraction of sp³-hybridized carbons (Fsp3) is 0.0385. The summed E-state index contributed by atoms with van der Waals surface area (Å²) in [5.41, 5.74) is 3.74. The summed E-state index contributed by atoms with van der Waals surface area (Å²) in [4.78, 5) is 12.4. The number of hydrogen-bond donors (Lipinski definition) is 1. The summed E-state index contributed by atoms with van der Waals surface area (Å²) in [6, 6.07) is 24.3. The maximum Gasteiger partial charge on any atom is 0.274 e. The number of amides is 1. The second-order valence-electron chi connectivity index (χ2n) is 7.08. The fourth-order valence-electron chi connectivity index (χ4n) is 3.29. The van der Waals surface area contributed by atoms with Crippen LogP contribution in [0.15, 0.2) is 84.0 Å². The van der Waals surface area contributed by atoms with Crippen molar-refractivity contribution in [2.45, 2.75) is 6.61 Å². The Hall–Kier alpha value is -4.21. The smallest absolute Gasteiger partial charge is 0.274 e. The second-order valence-corrected chi connectivity index (χ2v) is 7.49. The number of nitrogens with one attached hydrogen (secondary N) is 1. The van der Waals surface area contributed by atoms with E-state index in [1.54, 1.807) is 6.07 Å². The first-order chi connectivity index (χ1) is 16.1. The Morgan fingerprint density at radius 1 is 1.09 bits per heavy atom. The molecule has 0 saturated carbocycles. The monoisotopic (exact) mass is 457 g/mol. The highest BCUT2D eigenvalue weighted by Crippen LogP contribution is 2.28. The van der Waals surface area contributed by atoms with Crippen LogP contribution in [0.1, 0.15) is 27.0 Å². The summed E-state index contributed by atoms with van der Waals surface area (Å²) >= 11 is 6.23. The minimum Gasteiger partial charge on any atom is -0.488 e. The van der Waals surface area contributed by atoms with Crippen LogP contribution in [-0.4, -0.2) is 12.1 Å². The Morgan fingerprint density at radius 2 is 1.88 bits per heavy atom. The van der Waals surface area contributed by atoms with Crippen LogP contribution < -0.4 is 10.2 Å². The lowest BCUT2D eigenvalue weighted by Crippen LogP contribution is -2.19. The summed E-state index contributed by atoms with van der Waals surface area (Å²) < 4.78 is 20.1. The standard InChI is InChI=1S/C26H17ClFN3O2/c27-23-8-4-2-6-19(23)16-33-25-12-10-18-5-1-3-7-20(18)22(25)15-30-31-26(32)21-11-9-17(14-29)13-24(21)28/h1-13,15H,16H2,(H,31,32)/b30-15-. The Bertz CT molecular complexity index is 1410. The van der Waals surface area contributed by atoms with Gasteiger partial charge in [0.25, 0.3) is 5.91 Å². The van der Waals surface area contributed by atoms with Gasteiger partial charge in [-0.25, -0.2) is 9.82 Å². The third kappa shape index (κ3) is 5.00. The van der Waals surface area contributed by atoms with Crippen molar-refractivity contribution in [2.24, 2.45) is 5.10 Å². The average Bonchev–Trinajstić information content (AvgIpc) is 2.84. The number of carbonyl (C=O) groups is 1. The number of ether oxygens (including phenoxy) is 1. The Kier molecular flexibility index (Phi) is 6.63. The quantitative estimate of drug-likeness (QED) is 0.291. The molecule has 0 aliphatic carbocycles. The van der Waals surface area contributed by atoms with Gasteiger partial charge in [-0.1, -0.05) is 60.1 Å². The molecule has 0 aromatic heterocycles. The van der Waals surface area contributed by atoms with Crippen LogP contribution in [0, 0.1) is 17.1 Å². The molecule has 0 unspecified atom stereocenters. The number of benzene rings is 4. The molecule has 0 radical (unpaired) electrons. The van der Waals surface area contributed by atoms with Gasteiger partial charge >= 0.3 is 0 Å². The zero-order valence-electron chi connectivity index (χ0n) is 17.3. The number of rotatable bonds is 6. The molecule has 5 nitrogen and oxygen atoms in total. The highest BCUT2D eigenvalue weighted by Gasteiger charge is 2.12. The van der Waals surface area contributed by atoms with E-state index in [4.69, 9.17) is 21.6 Å². The number of nitriles is 1. The lowest BCUT2D eigenvalue weighted by Gasteiger charge is -2.12. The van der Waals surface area contributed by atoms with Gasteiger partial charge in [0.1, 0.15) is 18.2 Å². The third-order valence-electron chi connectivity index (χ3n) is 4.97. The number of fused-ring (bicyclic) bond motifs is 1. The average molecular weight is 458 g/mol. The molecule has 1 amide bonds. The Morgan fingerprint density at radius 3 is 2.67 bits per heavy atom. The van der Waals surface area contributed by atoms with Crippen molar-refractivity contribution in [3.63, 3.8) is 0 Å². The molecular weight excluding hydrogens is 441 g/mol. The maximum absolute atomic E-state index is 14.1. The van der Waals surface area contributed by atoms with E-state index in [0.717, 1.165) is 22.4 Å². The van der Waals surface area contributed by atoms with Crippen molar-refractivity contribution >= 4 is 34.5 Å². The van der Waals surface area contributed by atoms with Crippen LogP contribution in [0.4, 0.5) is 4.39 Å². The molecule has 0 aliphatic rings. The molecule has 4 aromatic carbocycles. The van der Waals surface area contributed by atoms with E-state index in [2.05, 4.69) is 10.5 Å². The Balaban J connectivity index is 1.59. The highest BCUT2D eigenvalue weighted by molar-refractivity contribution is 6.31. The van der Waals surface area contributed by atoms with Crippen molar-refractivity contribution in [3.05, 3.63) is 112 Å². The number of carbonyl (C=O) groups excluding carboxylic acids is 1. The van der Waals surface area contributed by atoms with Gasteiger partial charge in [0.2, 0.25) is 0 Å². The summed E-state index contributed by atoms with van der Waals surface area (Å²) in [5, 5.41) is 15.3. The molecule has 0 saturated heterocycles. The van der Waals surface area contributed by atoms with E-state index >= 15 is 0 Å². The second kappa shape index (κ2) is 9.94. The molecule has 0 heterocycles. The van der Waals surface area contributed by atoms with Gasteiger partial charge in [-0.2, -0.15) is 10.4 Å². The SMILES string of the molecule is N#Cc1ccc(C(=O)N/N=C\c2c(OCc3ccccc3Cl)ccc3ccccc23)c(F)c1. The molecule has 0 spiro atoms. The fourth-order valence-corrected chi connectivity index (χ4v) is 3.48. The molecular formula is C26H17ClFN3O2. The number of nitrogens with zero attached hydrogens (tertiary/aromatic N) is 2. The van der Waals surface area contributed by atoms with Crippen LogP contribution in [0.5, 0.6) is 5.75 Å². The molecule has 4 aromatic rings. The van der Waals surface area contributed by atoms with Crippen LogP contribution in [-0.2, 0) is 6.61 Å². The lowest BCUT2D eigenvalue weighted by atomic mass is 10.0. The zero-order valence-corrected chi connectivity index (χ0v) is 18.0. The van der Waals surface area contributed by atoms with E-state index in [-0.39, 0.29) is 17.7 Å². The normalized spacial score (nSPS) is 10.8. The van der Waals surface area contributed by atoms with Gasteiger partial charge in [-0.15, -0.1) is 0 Å². The summed E-state index contributed by atoms with van der Waals surface area (Å²) in [7, 11) is 0. The number of hydrazone groups is 1. The largest absolute Gasteiger partial charge is 0.488 e. The van der Waals surface area contributed by atoms with E-state index in [9.17, 15) is 9.18 Å². The summed E-state index contributed by atoms with van der Waals surface area (Å²) in [6.45, 7) is 0.252. The lowest BCUT2D eigenvalue weighted by molar-refractivity contribution is 0.0951. The van der Waals surface area contributed by atoms with Crippen LogP contribution >= 0.6 is 11.6 Å². The Labute approximate surface area is 194 Å². The topological polar surface area (TPSA) is 74.5 Å². The van der Waals surface area contributed by atoms with Crippen LogP contribution in [0.25, 0.3) is 10.8 Å². The van der Waals surface area contributed by atoms with E-state index in [0.29, 0.717) is 16.3 Å². The zero-order chi connectivity index (χ0) is 23.2. The molecule has 0 bridgehead atoms. The van der Waals surface area contributed by atoms with Gasteiger partial charge in [-0.05, 0) is 41.1 Å². The van der Waals surface area contributed by atoms with Crippen molar-refractivity contribution in [1.82, 2.24) is 5.43 Å². The molecule has 0 aliphatic heterocycles. The predicted octanol–water partition coefficient (Wildman–Crippen LogP) is 5.85. The predicted molar refractivity (Wildman–Crippen MR) is 126 cm³/mol. The minimum absolute atomic E-state index is 0.128. The van der Waals surface area contributed by atoms with Crippen LogP contribution in [0.2, 0.25) is 5.02 Å².